The Balaban J connectivity index is 2.76. The molecule has 1 nitrogen and oxygen atoms in total. The summed E-state index contributed by atoms with van der Waals surface area (Å²) in [7, 11) is 0. The van der Waals surface area contributed by atoms with E-state index in [2.05, 4.69) is 18.2 Å². The van der Waals surface area contributed by atoms with Crippen molar-refractivity contribution < 1.29 is 4.39 Å². The molecule has 1 atom stereocenters. The van der Waals surface area contributed by atoms with Crippen LogP contribution in [0.15, 0.2) is 18.2 Å². The van der Waals surface area contributed by atoms with E-state index >= 15 is 0 Å². The van der Waals surface area contributed by atoms with Gasteiger partial charge in [0.05, 0.1) is 0 Å². The highest BCUT2D eigenvalue weighted by Crippen LogP contribution is 2.24. The molecule has 0 saturated carbocycles. The largest absolute Gasteiger partial charge is 0.310 e. The van der Waals surface area contributed by atoms with Gasteiger partial charge in [0.2, 0.25) is 0 Å². The summed E-state index contributed by atoms with van der Waals surface area (Å²) in [6, 6.07) is 4.84. The second-order valence-electron chi connectivity index (χ2n) is 4.27. The molecule has 1 aromatic rings. The Morgan fingerprint density at radius 2 is 2.28 bits per heavy atom. The number of nitrogens with one attached hydrogen (secondary N) is 1. The number of unbranched alkanes of at least 4 members (excludes halogenated alkanes) is 1. The van der Waals surface area contributed by atoms with Gasteiger partial charge in [-0.15, -0.1) is 12.3 Å². The Labute approximate surface area is 114 Å². The summed E-state index contributed by atoms with van der Waals surface area (Å²) in [6.07, 6.45) is 8.70. The first-order valence-electron chi connectivity index (χ1n) is 6.30. The van der Waals surface area contributed by atoms with E-state index in [1.54, 1.807) is 12.1 Å². The van der Waals surface area contributed by atoms with Crippen LogP contribution in [0.25, 0.3) is 0 Å². The van der Waals surface area contributed by atoms with Gasteiger partial charge in [0.1, 0.15) is 5.82 Å². The van der Waals surface area contributed by atoms with Gasteiger partial charge in [-0.2, -0.15) is 0 Å². The molecule has 0 aliphatic carbocycles. The van der Waals surface area contributed by atoms with Crippen molar-refractivity contribution in [1.82, 2.24) is 5.32 Å². The molecule has 0 saturated heterocycles. The second kappa shape index (κ2) is 8.13. The van der Waals surface area contributed by atoms with Gasteiger partial charge in [-0.25, -0.2) is 4.39 Å². The summed E-state index contributed by atoms with van der Waals surface area (Å²) in [5.41, 5.74) is 0.671. The van der Waals surface area contributed by atoms with Gasteiger partial charge in [0, 0.05) is 23.0 Å². The van der Waals surface area contributed by atoms with E-state index in [4.69, 9.17) is 18.0 Å². The smallest absolute Gasteiger partial charge is 0.129 e. The highest BCUT2D eigenvalue weighted by atomic mass is 35.5. The van der Waals surface area contributed by atoms with Gasteiger partial charge < -0.3 is 5.32 Å². The Kier molecular flexibility index (Phi) is 6.78. The topological polar surface area (TPSA) is 12.0 Å². The van der Waals surface area contributed by atoms with Crippen LogP contribution in [0.2, 0.25) is 5.02 Å². The van der Waals surface area contributed by atoms with Gasteiger partial charge in [-0.3, -0.25) is 0 Å². The summed E-state index contributed by atoms with van der Waals surface area (Å²) < 4.78 is 13.9. The molecule has 0 bridgehead atoms. The first kappa shape index (κ1) is 15.0. The highest BCUT2D eigenvalue weighted by Gasteiger charge is 2.14. The summed E-state index contributed by atoms with van der Waals surface area (Å²) in [5.74, 6) is 2.36. The first-order valence-corrected chi connectivity index (χ1v) is 6.68. The number of terminal acetylenes is 1. The van der Waals surface area contributed by atoms with Crippen LogP contribution < -0.4 is 5.32 Å². The van der Waals surface area contributed by atoms with Gasteiger partial charge >= 0.3 is 0 Å². The van der Waals surface area contributed by atoms with E-state index in [1.165, 1.54) is 6.07 Å². The molecule has 18 heavy (non-hydrogen) atoms. The fourth-order valence-corrected chi connectivity index (χ4v) is 2.04. The lowest BCUT2D eigenvalue weighted by molar-refractivity contribution is 0.464. The van der Waals surface area contributed by atoms with Crippen LogP contribution >= 0.6 is 11.6 Å². The predicted molar refractivity (Wildman–Crippen MR) is 75.1 cm³/mol. The molecular weight excluding hydrogens is 249 g/mol. The molecule has 3 heteroatoms. The van der Waals surface area contributed by atoms with E-state index in [1.807, 2.05) is 0 Å². The number of benzene rings is 1. The van der Waals surface area contributed by atoms with Gasteiger partial charge in [0.25, 0.3) is 0 Å². The lowest BCUT2D eigenvalue weighted by Gasteiger charge is -2.19. The van der Waals surface area contributed by atoms with Crippen molar-refractivity contribution in [3.63, 3.8) is 0 Å². The Hall–Kier alpha value is -1.04. The molecule has 0 spiro atoms. The molecule has 0 fully saturated rings. The third-order valence-corrected chi connectivity index (χ3v) is 3.03. The van der Waals surface area contributed by atoms with E-state index < -0.39 is 0 Å². The Morgan fingerprint density at radius 1 is 1.50 bits per heavy atom. The average molecular weight is 268 g/mol. The maximum atomic E-state index is 13.9. The lowest BCUT2D eigenvalue weighted by Crippen LogP contribution is -2.23. The fraction of sp³-hybridized carbons (Fsp3) is 0.467. The van der Waals surface area contributed by atoms with Crippen LogP contribution in [0.4, 0.5) is 4.39 Å². The molecular formula is C15H19ClFN. The van der Waals surface area contributed by atoms with Crippen LogP contribution in [0.1, 0.15) is 44.2 Å². The van der Waals surface area contributed by atoms with Gasteiger partial charge in [-0.05, 0) is 37.9 Å². The Morgan fingerprint density at radius 3 is 2.89 bits per heavy atom. The molecule has 1 aromatic carbocycles. The molecule has 0 aliphatic heterocycles. The molecule has 0 aromatic heterocycles. The van der Waals surface area contributed by atoms with Crippen LogP contribution in [-0.4, -0.2) is 6.54 Å². The minimum Gasteiger partial charge on any atom is -0.310 e. The normalized spacial score (nSPS) is 12.1. The van der Waals surface area contributed by atoms with Crippen molar-refractivity contribution in [2.45, 2.75) is 38.6 Å². The van der Waals surface area contributed by atoms with Crippen LogP contribution in [0, 0.1) is 18.2 Å². The number of hydrogen-bond donors (Lipinski definition) is 1. The lowest BCUT2D eigenvalue weighted by atomic mass is 10.0. The average Bonchev–Trinajstić information content (AvgIpc) is 2.34. The standard InChI is InChI=1S/C15H19ClFN/c1-3-5-6-7-15(18-10-4-2)13-9-8-12(16)11-14(13)17/h1,8-9,11,15,18H,4-7,10H2,2H3. The molecule has 98 valence electrons. The predicted octanol–water partition coefficient (Wildman–Crippen LogP) is 4.32. The van der Waals surface area contributed by atoms with Gasteiger partial charge in [-0.1, -0.05) is 24.6 Å². The minimum absolute atomic E-state index is 0.00978. The number of halogens is 2. The third-order valence-electron chi connectivity index (χ3n) is 2.79. The number of rotatable bonds is 7. The van der Waals surface area contributed by atoms with Gasteiger partial charge in [0.15, 0.2) is 0 Å². The molecule has 1 rings (SSSR count). The van der Waals surface area contributed by atoms with Crippen molar-refractivity contribution in [2.75, 3.05) is 6.54 Å². The zero-order valence-electron chi connectivity index (χ0n) is 10.7. The highest BCUT2D eigenvalue weighted by molar-refractivity contribution is 6.30. The molecule has 0 heterocycles. The zero-order chi connectivity index (χ0) is 13.4. The molecule has 0 amide bonds. The molecule has 1 unspecified atom stereocenters. The SMILES string of the molecule is C#CCCCC(NCCC)c1ccc(Cl)cc1F. The van der Waals surface area contributed by atoms with Crippen LogP contribution in [0.5, 0.6) is 0 Å². The Bertz CT molecular complexity index is 411. The van der Waals surface area contributed by atoms with Crippen molar-refractivity contribution >= 4 is 11.6 Å². The summed E-state index contributed by atoms with van der Waals surface area (Å²) in [5, 5.41) is 3.78. The van der Waals surface area contributed by atoms with Crippen molar-refractivity contribution in [3.8, 4) is 12.3 Å². The quantitative estimate of drug-likeness (QED) is 0.573. The fourth-order valence-electron chi connectivity index (χ4n) is 1.88. The maximum absolute atomic E-state index is 13.9. The number of hydrogen-bond acceptors (Lipinski definition) is 1. The zero-order valence-corrected chi connectivity index (χ0v) is 11.4. The second-order valence-corrected chi connectivity index (χ2v) is 4.71. The van der Waals surface area contributed by atoms with Crippen molar-refractivity contribution in [1.29, 1.82) is 0 Å². The minimum atomic E-state index is -0.253. The van der Waals surface area contributed by atoms with E-state index in [0.717, 1.165) is 32.2 Å². The van der Waals surface area contributed by atoms with Crippen molar-refractivity contribution in [3.05, 3.63) is 34.6 Å². The first-order chi connectivity index (χ1) is 8.69. The maximum Gasteiger partial charge on any atom is 0.129 e. The molecule has 1 N–H and O–H groups in total. The summed E-state index contributed by atoms with van der Waals surface area (Å²) >= 11 is 5.77. The summed E-state index contributed by atoms with van der Waals surface area (Å²) in [6.45, 7) is 2.95. The van der Waals surface area contributed by atoms with Crippen LogP contribution in [0.3, 0.4) is 0 Å². The monoisotopic (exact) mass is 267 g/mol. The van der Waals surface area contributed by atoms with E-state index in [9.17, 15) is 4.39 Å². The summed E-state index contributed by atoms with van der Waals surface area (Å²) in [4.78, 5) is 0. The van der Waals surface area contributed by atoms with Crippen LogP contribution in [-0.2, 0) is 0 Å². The van der Waals surface area contributed by atoms with E-state index in [-0.39, 0.29) is 11.9 Å². The third kappa shape index (κ3) is 4.68. The molecule has 0 radical (unpaired) electrons. The van der Waals surface area contributed by atoms with Crippen molar-refractivity contribution in [2.24, 2.45) is 0 Å². The van der Waals surface area contributed by atoms with E-state index in [0.29, 0.717) is 10.6 Å². The molecule has 0 aliphatic rings.